The lowest BCUT2D eigenvalue weighted by molar-refractivity contribution is -0.244. The molecule has 5 nitrogen and oxygen atoms in total. The molecule has 2 heterocycles. The predicted octanol–water partition coefficient (Wildman–Crippen LogP) is 2.36. The summed E-state index contributed by atoms with van der Waals surface area (Å²) in [7, 11) is 0. The summed E-state index contributed by atoms with van der Waals surface area (Å²) in [6.45, 7) is 9.89. The maximum Gasteiger partial charge on any atom is 0.302 e. The van der Waals surface area contributed by atoms with Crippen LogP contribution in [0.15, 0.2) is 11.6 Å². The van der Waals surface area contributed by atoms with E-state index >= 15 is 0 Å². The molecule has 134 valence electrons. The van der Waals surface area contributed by atoms with E-state index in [0.717, 1.165) is 12.8 Å². The normalized spacial score (nSPS) is 55.1. The smallest absolute Gasteiger partial charge is 0.302 e. The van der Waals surface area contributed by atoms with Crippen LogP contribution in [-0.2, 0) is 19.0 Å². The third-order valence-electron chi connectivity index (χ3n) is 7.62. The number of hydrogen-bond donors (Lipinski definition) is 1. The molecule has 2 saturated heterocycles. The molecule has 4 aliphatic rings. The average molecular weight is 336 g/mol. The number of aliphatic hydroxyl groups is 1. The zero-order chi connectivity index (χ0) is 17.5. The first kappa shape index (κ1) is 16.6. The van der Waals surface area contributed by atoms with Crippen molar-refractivity contribution in [2.45, 2.75) is 83.4 Å². The van der Waals surface area contributed by atoms with Crippen molar-refractivity contribution in [2.24, 2.45) is 10.8 Å². The third-order valence-corrected chi connectivity index (χ3v) is 7.62. The molecule has 7 atom stereocenters. The quantitative estimate of drug-likeness (QED) is 0.476. The van der Waals surface area contributed by atoms with Crippen molar-refractivity contribution in [2.75, 3.05) is 6.61 Å². The number of epoxide rings is 1. The van der Waals surface area contributed by atoms with Crippen LogP contribution < -0.4 is 0 Å². The number of rotatable bonds is 2. The first-order valence-corrected chi connectivity index (χ1v) is 8.97. The highest BCUT2D eigenvalue weighted by Gasteiger charge is 2.87. The van der Waals surface area contributed by atoms with E-state index in [2.05, 4.69) is 26.8 Å². The minimum absolute atomic E-state index is 0.0450. The summed E-state index contributed by atoms with van der Waals surface area (Å²) in [6.07, 6.45) is 4.23. The molecule has 0 aromatic rings. The molecule has 1 N–H and O–H groups in total. The van der Waals surface area contributed by atoms with Crippen molar-refractivity contribution >= 4 is 5.97 Å². The number of allylic oxidation sites excluding steroid dienone is 1. The van der Waals surface area contributed by atoms with Gasteiger partial charge in [-0.1, -0.05) is 18.6 Å². The van der Waals surface area contributed by atoms with E-state index in [-0.39, 0.29) is 30.9 Å². The molecule has 4 rings (SSSR count). The van der Waals surface area contributed by atoms with Gasteiger partial charge in [-0.3, -0.25) is 4.79 Å². The fourth-order valence-electron chi connectivity index (χ4n) is 6.13. The van der Waals surface area contributed by atoms with Crippen LogP contribution in [0.25, 0.3) is 0 Å². The van der Waals surface area contributed by atoms with Gasteiger partial charge >= 0.3 is 5.97 Å². The van der Waals surface area contributed by atoms with Crippen LogP contribution >= 0.6 is 0 Å². The largest absolute Gasteiger partial charge is 0.465 e. The minimum Gasteiger partial charge on any atom is -0.465 e. The van der Waals surface area contributed by atoms with Crippen LogP contribution in [0.2, 0.25) is 0 Å². The summed E-state index contributed by atoms with van der Waals surface area (Å²) < 4.78 is 18.1. The Morgan fingerprint density at radius 2 is 2.12 bits per heavy atom. The van der Waals surface area contributed by atoms with E-state index in [0.29, 0.717) is 6.42 Å². The van der Waals surface area contributed by atoms with E-state index in [1.165, 1.54) is 12.5 Å². The van der Waals surface area contributed by atoms with Gasteiger partial charge in [0.1, 0.15) is 12.2 Å². The van der Waals surface area contributed by atoms with Crippen molar-refractivity contribution in [3.05, 3.63) is 11.6 Å². The minimum atomic E-state index is -0.934. The highest BCUT2D eigenvalue weighted by atomic mass is 16.7. The van der Waals surface area contributed by atoms with Crippen LogP contribution in [0, 0.1) is 10.8 Å². The Kier molecular flexibility index (Phi) is 3.19. The van der Waals surface area contributed by atoms with Gasteiger partial charge in [-0.25, -0.2) is 0 Å². The zero-order valence-corrected chi connectivity index (χ0v) is 15.2. The second-order valence-corrected chi connectivity index (χ2v) is 8.65. The van der Waals surface area contributed by atoms with Gasteiger partial charge in [0.25, 0.3) is 0 Å². The fourth-order valence-corrected chi connectivity index (χ4v) is 6.13. The number of carbonyl (C=O) groups is 1. The monoisotopic (exact) mass is 336 g/mol. The van der Waals surface area contributed by atoms with Crippen LogP contribution in [0.4, 0.5) is 0 Å². The Balaban J connectivity index is 1.88. The topological polar surface area (TPSA) is 68.3 Å². The van der Waals surface area contributed by atoms with Gasteiger partial charge in [-0.05, 0) is 33.6 Å². The predicted molar refractivity (Wildman–Crippen MR) is 87.3 cm³/mol. The van der Waals surface area contributed by atoms with Crippen molar-refractivity contribution in [1.82, 2.24) is 0 Å². The van der Waals surface area contributed by atoms with Crippen molar-refractivity contribution in [3.63, 3.8) is 0 Å². The second kappa shape index (κ2) is 4.63. The summed E-state index contributed by atoms with van der Waals surface area (Å²) in [6, 6.07) is 0. The lowest BCUT2D eigenvalue weighted by Crippen LogP contribution is -2.69. The van der Waals surface area contributed by atoms with Gasteiger partial charge in [-0.15, -0.1) is 0 Å². The number of fused-ring (bicyclic) bond motifs is 2. The van der Waals surface area contributed by atoms with Gasteiger partial charge in [0.15, 0.2) is 0 Å². The molecule has 3 fully saturated rings. The molecule has 0 aromatic heterocycles. The van der Waals surface area contributed by atoms with Gasteiger partial charge in [0, 0.05) is 24.2 Å². The van der Waals surface area contributed by atoms with Crippen molar-refractivity contribution in [1.29, 1.82) is 0 Å². The van der Waals surface area contributed by atoms with Crippen LogP contribution in [0.1, 0.15) is 53.9 Å². The molecule has 1 spiro atoms. The van der Waals surface area contributed by atoms with E-state index in [1.807, 2.05) is 6.92 Å². The van der Waals surface area contributed by atoms with Gasteiger partial charge < -0.3 is 19.3 Å². The molecule has 0 unspecified atom stereocenters. The molecule has 0 aromatic carbocycles. The summed E-state index contributed by atoms with van der Waals surface area (Å²) in [5.41, 5.74) is -1.13. The molecule has 2 bridgehead atoms. The molecule has 5 heteroatoms. The van der Waals surface area contributed by atoms with Gasteiger partial charge in [-0.2, -0.15) is 0 Å². The number of ether oxygens (including phenoxy) is 3. The van der Waals surface area contributed by atoms with E-state index in [4.69, 9.17) is 14.2 Å². The maximum atomic E-state index is 11.6. The van der Waals surface area contributed by atoms with E-state index < -0.39 is 22.0 Å². The Labute approximate surface area is 143 Å². The zero-order valence-electron chi connectivity index (χ0n) is 15.2. The molecule has 2 aliphatic heterocycles. The van der Waals surface area contributed by atoms with Crippen molar-refractivity contribution < 1.29 is 24.1 Å². The number of carbonyl (C=O) groups excluding carboxylic acids is 1. The summed E-state index contributed by atoms with van der Waals surface area (Å²) in [4.78, 5) is 11.6. The molecular formula is C19H28O5. The van der Waals surface area contributed by atoms with Crippen LogP contribution in [0.3, 0.4) is 0 Å². The SMILES string of the molecule is CC(=O)OC[C@]12CCC(C)=C[C@H]1O[C@@H]1C[C@@](C)(O)[C@@]2(C)[C@@]12O[C@@H]2C. The van der Waals surface area contributed by atoms with Gasteiger partial charge in [0.05, 0.1) is 23.9 Å². The molecule has 2 aliphatic carbocycles. The highest BCUT2D eigenvalue weighted by molar-refractivity contribution is 5.66. The lowest BCUT2D eigenvalue weighted by atomic mass is 9.48. The molecule has 1 saturated carbocycles. The first-order chi connectivity index (χ1) is 11.1. The van der Waals surface area contributed by atoms with Gasteiger partial charge in [0.2, 0.25) is 0 Å². The number of esters is 1. The number of hydrogen-bond acceptors (Lipinski definition) is 5. The molecule has 24 heavy (non-hydrogen) atoms. The summed E-state index contributed by atoms with van der Waals surface area (Å²) in [5, 5.41) is 11.4. The van der Waals surface area contributed by atoms with E-state index in [9.17, 15) is 9.90 Å². The average Bonchev–Trinajstić information content (AvgIpc) is 3.13. The first-order valence-electron chi connectivity index (χ1n) is 8.97. The Bertz CT molecular complexity index is 625. The highest BCUT2D eigenvalue weighted by Crippen LogP contribution is 2.76. The standard InChI is InChI=1S/C19H28O5/c1-11-6-7-18(10-22-13(3)20)14(8-11)23-15-9-16(4,21)17(18,5)19(15)12(2)24-19/h8,12,14-15,21H,6-7,9-10H2,1-5H3/t12-,14-,15-,16-,17-,18-,19+/m1/s1. The van der Waals surface area contributed by atoms with E-state index in [1.54, 1.807) is 0 Å². The Morgan fingerprint density at radius 3 is 2.71 bits per heavy atom. The Morgan fingerprint density at radius 1 is 1.46 bits per heavy atom. The second-order valence-electron chi connectivity index (χ2n) is 8.65. The van der Waals surface area contributed by atoms with Crippen LogP contribution in [-0.4, -0.2) is 47.2 Å². The molecule has 0 radical (unpaired) electrons. The molecular weight excluding hydrogens is 308 g/mol. The lowest BCUT2D eigenvalue weighted by Gasteiger charge is -2.60. The summed E-state index contributed by atoms with van der Waals surface area (Å²) >= 11 is 0. The third kappa shape index (κ3) is 1.64. The Hall–Kier alpha value is -0.910. The van der Waals surface area contributed by atoms with Crippen LogP contribution in [0.5, 0.6) is 0 Å². The fraction of sp³-hybridized carbons (Fsp3) is 0.842. The maximum absolute atomic E-state index is 11.6. The van der Waals surface area contributed by atoms with Crippen molar-refractivity contribution in [3.8, 4) is 0 Å². The summed E-state index contributed by atoms with van der Waals surface area (Å²) in [5.74, 6) is -0.295. The molecule has 0 amide bonds.